The molecule has 0 bridgehead atoms. The number of carbonyl (C=O) groups is 2. The highest BCUT2D eigenvalue weighted by Crippen LogP contribution is 2.16. The van der Waals surface area contributed by atoms with Crippen LogP contribution in [0.25, 0.3) is 0 Å². The lowest BCUT2D eigenvalue weighted by molar-refractivity contribution is -0.140. The van der Waals surface area contributed by atoms with Crippen LogP contribution in [0.4, 0.5) is 0 Å². The van der Waals surface area contributed by atoms with E-state index in [1.165, 1.54) is 0 Å². The molecule has 32 heavy (non-hydrogen) atoms. The van der Waals surface area contributed by atoms with Gasteiger partial charge in [-0.15, -0.1) is 0 Å². The molecule has 0 aromatic heterocycles. The Bertz CT molecular complexity index is 1020. The van der Waals surface area contributed by atoms with Gasteiger partial charge >= 0.3 is 0 Å². The predicted octanol–water partition coefficient (Wildman–Crippen LogP) is 5.66. The standard InChI is InChI=1S/C26H26Cl2N2O2/c1-19(26(32)29-17-21-7-12-23(27)13-8-21)30(18-22-9-14-24(28)15-10-22)25(31)16-11-20-5-3-2-4-6-20/h2-10,12-15,19H,11,16-18H2,1H3,(H,29,32)/t19-/m1/s1. The third-order valence-electron chi connectivity index (χ3n) is 5.28. The molecule has 0 aliphatic heterocycles. The minimum Gasteiger partial charge on any atom is -0.350 e. The average molecular weight is 469 g/mol. The summed E-state index contributed by atoms with van der Waals surface area (Å²) >= 11 is 11.9. The summed E-state index contributed by atoms with van der Waals surface area (Å²) in [5, 5.41) is 4.20. The molecule has 0 aliphatic carbocycles. The van der Waals surface area contributed by atoms with E-state index in [1.807, 2.05) is 54.6 Å². The van der Waals surface area contributed by atoms with Crippen LogP contribution < -0.4 is 5.32 Å². The topological polar surface area (TPSA) is 49.4 Å². The number of halogens is 2. The molecule has 0 heterocycles. The Morgan fingerprint density at radius 1 is 0.812 bits per heavy atom. The fourth-order valence-electron chi connectivity index (χ4n) is 3.35. The van der Waals surface area contributed by atoms with Crippen molar-refractivity contribution in [3.8, 4) is 0 Å². The summed E-state index contributed by atoms with van der Waals surface area (Å²) in [6, 6.07) is 23.9. The van der Waals surface area contributed by atoms with E-state index in [9.17, 15) is 9.59 Å². The van der Waals surface area contributed by atoms with E-state index >= 15 is 0 Å². The molecule has 0 aliphatic rings. The molecular weight excluding hydrogens is 443 g/mol. The average Bonchev–Trinajstić information content (AvgIpc) is 2.82. The van der Waals surface area contributed by atoms with Gasteiger partial charge in [0.05, 0.1) is 0 Å². The molecule has 0 unspecified atom stereocenters. The van der Waals surface area contributed by atoms with E-state index in [1.54, 1.807) is 36.1 Å². The lowest BCUT2D eigenvalue weighted by Gasteiger charge is -2.29. The van der Waals surface area contributed by atoms with Crippen LogP contribution in [-0.2, 0) is 29.1 Å². The number of hydrogen-bond donors (Lipinski definition) is 1. The lowest BCUT2D eigenvalue weighted by Crippen LogP contribution is -2.47. The molecule has 3 aromatic rings. The van der Waals surface area contributed by atoms with Gasteiger partial charge in [0.2, 0.25) is 11.8 Å². The summed E-state index contributed by atoms with van der Waals surface area (Å²) in [6.45, 7) is 2.46. The lowest BCUT2D eigenvalue weighted by atomic mass is 10.1. The molecule has 3 aromatic carbocycles. The second-order valence-electron chi connectivity index (χ2n) is 7.65. The first-order valence-corrected chi connectivity index (χ1v) is 11.3. The third kappa shape index (κ3) is 7.11. The number of carbonyl (C=O) groups excluding carboxylic acids is 2. The zero-order chi connectivity index (χ0) is 22.9. The monoisotopic (exact) mass is 468 g/mol. The van der Waals surface area contributed by atoms with Gasteiger partial charge in [-0.3, -0.25) is 9.59 Å². The minimum absolute atomic E-state index is 0.0713. The summed E-state index contributed by atoms with van der Waals surface area (Å²) in [4.78, 5) is 27.7. The van der Waals surface area contributed by atoms with E-state index in [0.717, 1.165) is 16.7 Å². The summed E-state index contributed by atoms with van der Waals surface area (Å²) < 4.78 is 0. The maximum atomic E-state index is 13.2. The maximum Gasteiger partial charge on any atom is 0.242 e. The fourth-order valence-corrected chi connectivity index (χ4v) is 3.60. The van der Waals surface area contributed by atoms with Crippen molar-refractivity contribution in [2.24, 2.45) is 0 Å². The molecule has 0 radical (unpaired) electrons. The molecule has 0 saturated carbocycles. The third-order valence-corrected chi connectivity index (χ3v) is 5.79. The number of nitrogens with zero attached hydrogens (tertiary/aromatic N) is 1. The highest BCUT2D eigenvalue weighted by Gasteiger charge is 2.25. The SMILES string of the molecule is C[C@H](C(=O)NCc1ccc(Cl)cc1)N(Cc1ccc(Cl)cc1)C(=O)CCc1ccccc1. The Morgan fingerprint density at radius 2 is 1.38 bits per heavy atom. The zero-order valence-electron chi connectivity index (χ0n) is 17.9. The van der Waals surface area contributed by atoms with Gasteiger partial charge in [-0.1, -0.05) is 77.8 Å². The summed E-state index contributed by atoms with van der Waals surface area (Å²) in [6.07, 6.45) is 0.947. The second kappa shape index (κ2) is 11.7. The van der Waals surface area contributed by atoms with Crippen molar-refractivity contribution >= 4 is 35.0 Å². The van der Waals surface area contributed by atoms with Crippen molar-refractivity contribution < 1.29 is 9.59 Å². The zero-order valence-corrected chi connectivity index (χ0v) is 19.4. The smallest absolute Gasteiger partial charge is 0.242 e. The molecule has 0 saturated heterocycles. The highest BCUT2D eigenvalue weighted by molar-refractivity contribution is 6.30. The predicted molar refractivity (Wildman–Crippen MR) is 130 cm³/mol. The van der Waals surface area contributed by atoms with Crippen LogP contribution in [0.2, 0.25) is 10.0 Å². The number of amides is 2. The Morgan fingerprint density at radius 3 is 1.97 bits per heavy atom. The Balaban J connectivity index is 1.68. The van der Waals surface area contributed by atoms with E-state index in [0.29, 0.717) is 36.0 Å². The Hall–Kier alpha value is -2.82. The Kier molecular flexibility index (Phi) is 8.72. The van der Waals surface area contributed by atoms with Gasteiger partial charge in [0, 0.05) is 29.6 Å². The summed E-state index contributed by atoms with van der Waals surface area (Å²) in [7, 11) is 0. The first-order valence-electron chi connectivity index (χ1n) is 10.5. The first-order chi connectivity index (χ1) is 15.4. The van der Waals surface area contributed by atoms with Gasteiger partial charge in [-0.2, -0.15) is 0 Å². The van der Waals surface area contributed by atoms with Crippen LogP contribution in [0.5, 0.6) is 0 Å². The Labute approximate surface area is 199 Å². The molecule has 3 rings (SSSR count). The quantitative estimate of drug-likeness (QED) is 0.440. The van der Waals surface area contributed by atoms with Crippen LogP contribution in [-0.4, -0.2) is 22.8 Å². The second-order valence-corrected chi connectivity index (χ2v) is 8.53. The van der Waals surface area contributed by atoms with Gasteiger partial charge in [-0.05, 0) is 54.3 Å². The molecule has 4 nitrogen and oxygen atoms in total. The fraction of sp³-hybridized carbons (Fsp3) is 0.231. The van der Waals surface area contributed by atoms with Crippen LogP contribution in [0.3, 0.4) is 0 Å². The van der Waals surface area contributed by atoms with Crippen molar-refractivity contribution in [1.82, 2.24) is 10.2 Å². The van der Waals surface area contributed by atoms with E-state index < -0.39 is 6.04 Å². The molecule has 0 fully saturated rings. The van der Waals surface area contributed by atoms with Crippen molar-refractivity contribution in [1.29, 1.82) is 0 Å². The maximum absolute atomic E-state index is 13.2. The van der Waals surface area contributed by atoms with Crippen molar-refractivity contribution in [2.75, 3.05) is 0 Å². The largest absolute Gasteiger partial charge is 0.350 e. The number of rotatable bonds is 9. The number of nitrogens with one attached hydrogen (secondary N) is 1. The highest BCUT2D eigenvalue weighted by atomic mass is 35.5. The molecule has 6 heteroatoms. The van der Waals surface area contributed by atoms with Gasteiger partial charge in [0.25, 0.3) is 0 Å². The van der Waals surface area contributed by atoms with Crippen LogP contribution in [0.1, 0.15) is 30.0 Å². The molecule has 1 atom stereocenters. The van der Waals surface area contributed by atoms with Crippen molar-refractivity contribution in [3.63, 3.8) is 0 Å². The molecule has 1 N–H and O–H groups in total. The van der Waals surface area contributed by atoms with E-state index in [4.69, 9.17) is 23.2 Å². The molecule has 166 valence electrons. The van der Waals surface area contributed by atoms with Gasteiger partial charge < -0.3 is 10.2 Å². The van der Waals surface area contributed by atoms with Gasteiger partial charge in [0.15, 0.2) is 0 Å². The van der Waals surface area contributed by atoms with Crippen LogP contribution >= 0.6 is 23.2 Å². The van der Waals surface area contributed by atoms with Crippen LogP contribution in [0, 0.1) is 0 Å². The summed E-state index contributed by atoms with van der Waals surface area (Å²) in [5.41, 5.74) is 2.95. The number of aryl methyl sites for hydroxylation is 1. The van der Waals surface area contributed by atoms with E-state index in [2.05, 4.69) is 5.32 Å². The molecular formula is C26H26Cl2N2O2. The van der Waals surface area contributed by atoms with Crippen molar-refractivity contribution in [2.45, 2.75) is 38.9 Å². The van der Waals surface area contributed by atoms with E-state index in [-0.39, 0.29) is 11.8 Å². The minimum atomic E-state index is -0.624. The van der Waals surface area contributed by atoms with Gasteiger partial charge in [0.1, 0.15) is 6.04 Å². The number of hydrogen-bond acceptors (Lipinski definition) is 2. The molecule has 0 spiro atoms. The van der Waals surface area contributed by atoms with Crippen LogP contribution in [0.15, 0.2) is 78.9 Å². The summed E-state index contributed by atoms with van der Waals surface area (Å²) in [5.74, 6) is -0.278. The first kappa shape index (κ1) is 23.8. The van der Waals surface area contributed by atoms with Gasteiger partial charge in [-0.25, -0.2) is 0 Å². The number of benzene rings is 3. The van der Waals surface area contributed by atoms with Crippen molar-refractivity contribution in [3.05, 3.63) is 106 Å². The molecule has 2 amide bonds. The normalized spacial score (nSPS) is 11.6.